The molecule has 1 saturated carbocycles. The first-order chi connectivity index (χ1) is 16.8. The van der Waals surface area contributed by atoms with E-state index in [-0.39, 0.29) is 35.0 Å². The van der Waals surface area contributed by atoms with Crippen LogP contribution in [0.3, 0.4) is 0 Å². The maximum atomic E-state index is 12.9. The molecule has 178 valence electrons. The van der Waals surface area contributed by atoms with E-state index in [4.69, 9.17) is 9.47 Å². The van der Waals surface area contributed by atoms with Gasteiger partial charge in [-0.15, -0.1) is 0 Å². The van der Waals surface area contributed by atoms with Gasteiger partial charge in [0.1, 0.15) is 11.8 Å². The molecule has 2 bridgehead atoms. The molecule has 1 aliphatic heterocycles. The summed E-state index contributed by atoms with van der Waals surface area (Å²) in [5.74, 6) is -2.92. The Kier molecular flexibility index (Phi) is 5.80. The number of benzene rings is 2. The van der Waals surface area contributed by atoms with E-state index < -0.39 is 42.2 Å². The number of carbonyl (C=O) groups is 5. The van der Waals surface area contributed by atoms with Gasteiger partial charge in [0.05, 0.1) is 17.4 Å². The van der Waals surface area contributed by atoms with Gasteiger partial charge < -0.3 is 9.47 Å². The number of allylic oxidation sites excluding steroid dienone is 2. The number of nitrogens with zero attached hydrogens (tertiary/aromatic N) is 1. The van der Waals surface area contributed by atoms with Crippen LogP contribution in [0.4, 0.5) is 0 Å². The summed E-state index contributed by atoms with van der Waals surface area (Å²) < 4.78 is 10.4. The molecule has 2 aromatic rings. The first-order valence-corrected chi connectivity index (χ1v) is 11.5. The molecular formula is C27H23NO7. The zero-order valence-electron chi connectivity index (χ0n) is 19.0. The molecule has 8 heteroatoms. The highest BCUT2D eigenvalue weighted by Crippen LogP contribution is 2.52. The van der Waals surface area contributed by atoms with Gasteiger partial charge in [0.2, 0.25) is 11.8 Å². The van der Waals surface area contributed by atoms with Crippen LogP contribution in [0.25, 0.3) is 0 Å². The van der Waals surface area contributed by atoms with Crippen LogP contribution in [0.1, 0.15) is 34.1 Å². The Morgan fingerprint density at radius 2 is 1.49 bits per heavy atom. The van der Waals surface area contributed by atoms with E-state index >= 15 is 0 Å². The van der Waals surface area contributed by atoms with Crippen LogP contribution in [0.2, 0.25) is 0 Å². The Balaban J connectivity index is 1.15. The van der Waals surface area contributed by atoms with Crippen LogP contribution in [0, 0.1) is 23.7 Å². The zero-order chi connectivity index (χ0) is 24.7. The van der Waals surface area contributed by atoms with Crippen LogP contribution in [0.15, 0.2) is 66.7 Å². The Bertz CT molecular complexity index is 1200. The maximum absolute atomic E-state index is 12.9. The number of hydrogen-bond acceptors (Lipinski definition) is 7. The van der Waals surface area contributed by atoms with Crippen molar-refractivity contribution < 1.29 is 33.4 Å². The molecule has 3 aliphatic rings. The number of rotatable bonds is 7. The van der Waals surface area contributed by atoms with E-state index in [1.165, 1.54) is 31.2 Å². The van der Waals surface area contributed by atoms with Crippen molar-refractivity contribution in [1.29, 1.82) is 0 Å². The predicted molar refractivity (Wildman–Crippen MR) is 122 cm³/mol. The highest BCUT2D eigenvalue weighted by atomic mass is 16.5. The number of fused-ring (bicyclic) bond motifs is 5. The van der Waals surface area contributed by atoms with E-state index in [0.717, 1.165) is 11.3 Å². The van der Waals surface area contributed by atoms with Crippen LogP contribution >= 0.6 is 0 Å². The van der Waals surface area contributed by atoms with Crippen LogP contribution in [0.5, 0.6) is 5.75 Å². The number of esters is 2. The quantitative estimate of drug-likeness (QED) is 0.200. The Morgan fingerprint density at radius 1 is 0.886 bits per heavy atom. The number of amides is 2. The zero-order valence-corrected chi connectivity index (χ0v) is 19.0. The van der Waals surface area contributed by atoms with Gasteiger partial charge in [-0.05, 0) is 61.6 Å². The molecule has 0 N–H and O–H groups in total. The smallest absolute Gasteiger partial charge is 0.343 e. The summed E-state index contributed by atoms with van der Waals surface area (Å²) in [6, 6.07) is 13.3. The molecule has 5 rings (SSSR count). The lowest BCUT2D eigenvalue weighted by molar-refractivity contribution is -0.157. The number of likely N-dealkylation sites (tertiary alicyclic amines) is 1. The fraction of sp³-hybridized carbons (Fsp3) is 0.296. The van der Waals surface area contributed by atoms with Crippen molar-refractivity contribution in [2.45, 2.75) is 19.4 Å². The monoisotopic (exact) mass is 473 g/mol. The lowest BCUT2D eigenvalue weighted by atomic mass is 9.85. The number of hydrogen-bond donors (Lipinski definition) is 0. The van der Waals surface area contributed by atoms with Gasteiger partial charge >= 0.3 is 11.9 Å². The number of ketones is 1. The SMILES string of the molecule is CC(C(=O)OCC(=O)c1ccc(OC(=O)c2ccccc2)cc1)N1C(=O)C2C3C=CC(C3)C2C1=O. The normalized spacial score (nSPS) is 24.9. The van der Waals surface area contributed by atoms with Crippen molar-refractivity contribution in [1.82, 2.24) is 4.90 Å². The van der Waals surface area contributed by atoms with Gasteiger partial charge in [-0.25, -0.2) is 9.59 Å². The van der Waals surface area contributed by atoms with E-state index in [9.17, 15) is 24.0 Å². The molecule has 1 heterocycles. The topological polar surface area (TPSA) is 107 Å². The molecule has 2 aromatic carbocycles. The molecule has 5 atom stereocenters. The van der Waals surface area contributed by atoms with E-state index in [1.807, 2.05) is 12.2 Å². The van der Waals surface area contributed by atoms with Crippen molar-refractivity contribution in [3.63, 3.8) is 0 Å². The molecule has 35 heavy (non-hydrogen) atoms. The van der Waals surface area contributed by atoms with Crippen molar-refractivity contribution >= 4 is 29.5 Å². The summed E-state index contributed by atoms with van der Waals surface area (Å²) >= 11 is 0. The Labute approximate surface area is 201 Å². The first kappa shape index (κ1) is 22.7. The Hall–Kier alpha value is -4.07. The molecule has 1 saturated heterocycles. The van der Waals surface area contributed by atoms with E-state index in [1.54, 1.807) is 30.3 Å². The summed E-state index contributed by atoms with van der Waals surface area (Å²) in [5, 5.41) is 0. The van der Waals surface area contributed by atoms with Crippen LogP contribution < -0.4 is 4.74 Å². The molecule has 0 radical (unpaired) electrons. The molecule has 2 aliphatic carbocycles. The highest BCUT2D eigenvalue weighted by Gasteiger charge is 2.60. The number of carbonyl (C=O) groups excluding carboxylic acids is 5. The third-order valence-corrected chi connectivity index (χ3v) is 6.97. The van der Waals surface area contributed by atoms with Crippen molar-refractivity contribution in [2.24, 2.45) is 23.7 Å². The molecule has 0 aromatic heterocycles. The fourth-order valence-electron chi connectivity index (χ4n) is 5.20. The van der Waals surface area contributed by atoms with E-state index in [0.29, 0.717) is 5.56 Å². The highest BCUT2D eigenvalue weighted by molar-refractivity contribution is 6.09. The molecule has 0 spiro atoms. The van der Waals surface area contributed by atoms with Crippen LogP contribution in [-0.2, 0) is 19.1 Å². The van der Waals surface area contributed by atoms with Gasteiger partial charge in [0, 0.05) is 5.56 Å². The lowest BCUT2D eigenvalue weighted by Gasteiger charge is -2.23. The maximum Gasteiger partial charge on any atom is 0.343 e. The molecule has 2 amide bonds. The first-order valence-electron chi connectivity index (χ1n) is 11.5. The van der Waals surface area contributed by atoms with Gasteiger partial charge in [-0.1, -0.05) is 30.4 Å². The molecule has 2 fully saturated rings. The third kappa shape index (κ3) is 4.05. The van der Waals surface area contributed by atoms with Crippen molar-refractivity contribution in [3.05, 3.63) is 77.9 Å². The summed E-state index contributed by atoms with van der Waals surface area (Å²) in [6.07, 6.45) is 4.77. The standard InChI is InChI=1S/C27H23NO7/c1-15(28-24(30)22-18-7-8-19(13-18)23(22)25(28)31)26(32)34-14-21(29)16-9-11-20(12-10-16)35-27(33)17-5-3-2-4-6-17/h2-12,15,18-19,22-23H,13-14H2,1H3. The van der Waals surface area contributed by atoms with Crippen LogP contribution in [-0.4, -0.2) is 47.1 Å². The minimum Gasteiger partial charge on any atom is -0.456 e. The van der Waals surface area contributed by atoms with Crippen molar-refractivity contribution in [3.8, 4) is 5.75 Å². The lowest BCUT2D eigenvalue weighted by Crippen LogP contribution is -2.45. The Morgan fingerprint density at radius 3 is 2.09 bits per heavy atom. The number of imide groups is 1. The van der Waals surface area contributed by atoms with Crippen molar-refractivity contribution in [2.75, 3.05) is 6.61 Å². The second-order valence-electron chi connectivity index (χ2n) is 9.03. The number of Topliss-reactive ketones (excluding diaryl/α,β-unsaturated/α-hetero) is 1. The average Bonchev–Trinajstić information content (AvgIpc) is 3.56. The summed E-state index contributed by atoms with van der Waals surface area (Å²) in [5.41, 5.74) is 0.659. The molecule has 5 unspecified atom stereocenters. The second kappa shape index (κ2) is 8.94. The van der Waals surface area contributed by atoms with Gasteiger partial charge in [-0.3, -0.25) is 19.3 Å². The fourth-order valence-corrected chi connectivity index (χ4v) is 5.20. The number of ether oxygens (including phenoxy) is 2. The van der Waals surface area contributed by atoms with Gasteiger partial charge in [0.25, 0.3) is 0 Å². The predicted octanol–water partition coefficient (Wildman–Crippen LogP) is 2.83. The minimum atomic E-state index is -1.10. The van der Waals surface area contributed by atoms with E-state index in [2.05, 4.69) is 0 Å². The average molecular weight is 473 g/mol. The summed E-state index contributed by atoms with van der Waals surface area (Å²) in [7, 11) is 0. The summed E-state index contributed by atoms with van der Waals surface area (Å²) in [6.45, 7) is 0.900. The molecular weight excluding hydrogens is 450 g/mol. The largest absolute Gasteiger partial charge is 0.456 e. The third-order valence-electron chi connectivity index (χ3n) is 6.97. The molecule has 8 nitrogen and oxygen atoms in total. The minimum absolute atomic E-state index is 0.0474. The van der Waals surface area contributed by atoms with Gasteiger partial charge in [-0.2, -0.15) is 0 Å². The van der Waals surface area contributed by atoms with Gasteiger partial charge in [0.15, 0.2) is 12.4 Å². The second-order valence-corrected chi connectivity index (χ2v) is 9.03. The summed E-state index contributed by atoms with van der Waals surface area (Å²) in [4.78, 5) is 63.9.